The molecule has 0 bridgehead atoms. The van der Waals surface area contributed by atoms with Gasteiger partial charge in [0.05, 0.1) is 11.0 Å². The molecule has 0 aliphatic carbocycles. The van der Waals surface area contributed by atoms with Crippen LogP contribution in [-0.4, -0.2) is 26.2 Å². The van der Waals surface area contributed by atoms with Crippen molar-refractivity contribution in [2.45, 2.75) is 44.1 Å². The van der Waals surface area contributed by atoms with Crippen LogP contribution in [0.1, 0.15) is 32.3 Å². The third-order valence-corrected chi connectivity index (χ3v) is 4.21. The zero-order chi connectivity index (χ0) is 13.6. The predicted octanol–water partition coefficient (Wildman–Crippen LogP) is 1.69. The number of hydrogen-bond donors (Lipinski definition) is 2. The van der Waals surface area contributed by atoms with Crippen LogP contribution in [0, 0.1) is 0 Å². The second-order valence-electron chi connectivity index (χ2n) is 4.39. The van der Waals surface area contributed by atoms with E-state index in [0.717, 1.165) is 12.0 Å². The van der Waals surface area contributed by atoms with Crippen molar-refractivity contribution < 1.29 is 13.5 Å². The molecule has 2 N–H and O–H groups in total. The van der Waals surface area contributed by atoms with E-state index < -0.39 is 16.1 Å². The van der Waals surface area contributed by atoms with Crippen LogP contribution in [0.3, 0.4) is 0 Å². The first-order valence-electron chi connectivity index (χ1n) is 6.22. The molecule has 1 atom stereocenters. The first-order valence-corrected chi connectivity index (χ1v) is 7.70. The fourth-order valence-corrected chi connectivity index (χ4v) is 2.67. The van der Waals surface area contributed by atoms with Gasteiger partial charge in [-0.1, -0.05) is 19.1 Å². The maximum absolute atomic E-state index is 11.9. The van der Waals surface area contributed by atoms with E-state index in [1.807, 2.05) is 19.1 Å². The summed E-state index contributed by atoms with van der Waals surface area (Å²) in [6, 6.07) is 6.89. The van der Waals surface area contributed by atoms with Gasteiger partial charge in [-0.05, 0) is 43.9 Å². The minimum absolute atomic E-state index is 0.289. The number of nitrogens with one attached hydrogen (secondary N) is 1. The smallest absolute Gasteiger partial charge is 0.240 e. The molecule has 0 heterocycles. The van der Waals surface area contributed by atoms with Gasteiger partial charge in [0, 0.05) is 6.54 Å². The van der Waals surface area contributed by atoms with E-state index in [4.69, 9.17) is 5.11 Å². The second kappa shape index (κ2) is 6.87. The van der Waals surface area contributed by atoms with Gasteiger partial charge in [-0.25, -0.2) is 13.1 Å². The second-order valence-corrected chi connectivity index (χ2v) is 6.15. The summed E-state index contributed by atoms with van der Waals surface area (Å²) in [6.45, 7) is 4.07. The fraction of sp³-hybridized carbons (Fsp3) is 0.538. The predicted molar refractivity (Wildman–Crippen MR) is 71.9 cm³/mol. The van der Waals surface area contributed by atoms with Gasteiger partial charge in [0.2, 0.25) is 10.0 Å². The van der Waals surface area contributed by atoms with Crippen molar-refractivity contribution in [1.82, 2.24) is 4.72 Å². The minimum atomic E-state index is -3.41. The lowest BCUT2D eigenvalue weighted by Crippen LogP contribution is -2.25. The van der Waals surface area contributed by atoms with Gasteiger partial charge in [-0.15, -0.1) is 0 Å². The summed E-state index contributed by atoms with van der Waals surface area (Å²) in [5.41, 5.74) is 1.11. The molecule has 0 spiro atoms. The molecular formula is C13H21NO3S. The molecule has 0 aliphatic rings. The quantitative estimate of drug-likeness (QED) is 0.742. The van der Waals surface area contributed by atoms with Crippen molar-refractivity contribution in [2.75, 3.05) is 6.54 Å². The monoisotopic (exact) mass is 271 g/mol. The zero-order valence-corrected chi connectivity index (χ0v) is 11.7. The van der Waals surface area contributed by atoms with Crippen LogP contribution in [-0.2, 0) is 16.4 Å². The molecule has 0 aromatic heterocycles. The average molecular weight is 271 g/mol. The first kappa shape index (κ1) is 15.1. The van der Waals surface area contributed by atoms with Gasteiger partial charge < -0.3 is 5.11 Å². The number of rotatable bonds is 7. The molecule has 0 saturated carbocycles. The van der Waals surface area contributed by atoms with Crippen LogP contribution >= 0.6 is 0 Å². The maximum Gasteiger partial charge on any atom is 0.240 e. The molecule has 102 valence electrons. The van der Waals surface area contributed by atoms with E-state index in [1.54, 1.807) is 19.1 Å². The van der Waals surface area contributed by atoms with Gasteiger partial charge in [0.15, 0.2) is 0 Å². The summed E-state index contributed by atoms with van der Waals surface area (Å²) < 4.78 is 26.3. The van der Waals surface area contributed by atoms with Crippen molar-refractivity contribution in [1.29, 1.82) is 0 Å². The van der Waals surface area contributed by atoms with Crippen LogP contribution in [0.4, 0.5) is 0 Å². The number of aliphatic hydroxyl groups is 1. The molecule has 1 rings (SSSR count). The molecule has 0 aliphatic heterocycles. The lowest BCUT2D eigenvalue weighted by Gasteiger charge is -2.08. The summed E-state index contributed by atoms with van der Waals surface area (Å²) in [4.78, 5) is 0.289. The van der Waals surface area contributed by atoms with Gasteiger partial charge in [-0.3, -0.25) is 0 Å². The van der Waals surface area contributed by atoms with Crippen molar-refractivity contribution >= 4 is 10.0 Å². The summed E-state index contributed by atoms with van der Waals surface area (Å²) in [5, 5.41) is 9.08. The maximum atomic E-state index is 11.9. The molecule has 1 aromatic carbocycles. The van der Waals surface area contributed by atoms with Crippen LogP contribution < -0.4 is 4.72 Å². The Labute approximate surface area is 109 Å². The molecule has 1 unspecified atom stereocenters. The summed E-state index contributed by atoms with van der Waals surface area (Å²) in [7, 11) is -3.41. The summed E-state index contributed by atoms with van der Waals surface area (Å²) in [6.07, 6.45) is 1.72. The zero-order valence-electron chi connectivity index (χ0n) is 10.9. The van der Waals surface area contributed by atoms with Crippen LogP contribution in [0.5, 0.6) is 0 Å². The van der Waals surface area contributed by atoms with Crippen LogP contribution in [0.15, 0.2) is 29.2 Å². The van der Waals surface area contributed by atoms with Gasteiger partial charge in [0.25, 0.3) is 0 Å². The highest BCUT2D eigenvalue weighted by Crippen LogP contribution is 2.11. The molecule has 0 fully saturated rings. The van der Waals surface area contributed by atoms with Crippen molar-refractivity contribution in [2.24, 2.45) is 0 Å². The Kier molecular flexibility index (Phi) is 5.78. The van der Waals surface area contributed by atoms with E-state index in [9.17, 15) is 8.42 Å². The molecule has 18 heavy (non-hydrogen) atoms. The van der Waals surface area contributed by atoms with E-state index in [2.05, 4.69) is 4.72 Å². The largest absolute Gasteiger partial charge is 0.393 e. The number of sulfonamides is 1. The topological polar surface area (TPSA) is 66.4 Å². The van der Waals surface area contributed by atoms with Crippen LogP contribution in [0.2, 0.25) is 0 Å². The fourth-order valence-electron chi connectivity index (χ4n) is 1.59. The van der Waals surface area contributed by atoms with Crippen LogP contribution in [0.25, 0.3) is 0 Å². The Bertz CT molecular complexity index is 452. The first-order chi connectivity index (χ1) is 8.45. The lowest BCUT2D eigenvalue weighted by atomic mass is 10.2. The van der Waals surface area contributed by atoms with Gasteiger partial charge >= 0.3 is 0 Å². The molecule has 5 heteroatoms. The Morgan fingerprint density at radius 3 is 2.39 bits per heavy atom. The SMILES string of the molecule is CCc1ccc(S(=O)(=O)NCCCC(C)O)cc1. The highest BCUT2D eigenvalue weighted by Gasteiger charge is 2.12. The van der Waals surface area contributed by atoms with E-state index in [-0.39, 0.29) is 4.90 Å². The molecule has 4 nitrogen and oxygen atoms in total. The van der Waals surface area contributed by atoms with Crippen molar-refractivity contribution in [3.05, 3.63) is 29.8 Å². The standard InChI is InChI=1S/C13H21NO3S/c1-3-12-6-8-13(9-7-12)18(16,17)14-10-4-5-11(2)15/h6-9,11,14-15H,3-5,10H2,1-2H3. The normalized spacial score (nSPS) is 13.5. The van der Waals surface area contributed by atoms with Crippen molar-refractivity contribution in [3.8, 4) is 0 Å². The number of aryl methyl sites for hydroxylation is 1. The van der Waals surface area contributed by atoms with E-state index >= 15 is 0 Å². The molecule has 0 amide bonds. The Morgan fingerprint density at radius 2 is 1.89 bits per heavy atom. The third-order valence-electron chi connectivity index (χ3n) is 2.73. The minimum Gasteiger partial charge on any atom is -0.393 e. The lowest BCUT2D eigenvalue weighted by molar-refractivity contribution is 0.182. The number of hydrogen-bond acceptors (Lipinski definition) is 3. The van der Waals surface area contributed by atoms with Crippen molar-refractivity contribution in [3.63, 3.8) is 0 Å². The number of benzene rings is 1. The Morgan fingerprint density at radius 1 is 1.28 bits per heavy atom. The Hall–Kier alpha value is -0.910. The summed E-state index contributed by atoms with van der Waals surface area (Å²) in [5.74, 6) is 0. The van der Waals surface area contributed by atoms with Gasteiger partial charge in [-0.2, -0.15) is 0 Å². The van der Waals surface area contributed by atoms with E-state index in [0.29, 0.717) is 19.4 Å². The highest BCUT2D eigenvalue weighted by molar-refractivity contribution is 7.89. The average Bonchev–Trinajstić information content (AvgIpc) is 2.34. The molecule has 1 aromatic rings. The van der Waals surface area contributed by atoms with E-state index in [1.165, 1.54) is 0 Å². The highest BCUT2D eigenvalue weighted by atomic mass is 32.2. The molecule has 0 radical (unpaired) electrons. The number of aliphatic hydroxyl groups excluding tert-OH is 1. The van der Waals surface area contributed by atoms with Gasteiger partial charge in [0.1, 0.15) is 0 Å². The summed E-state index contributed by atoms with van der Waals surface area (Å²) >= 11 is 0. The molecular weight excluding hydrogens is 250 g/mol. The Balaban J connectivity index is 2.57. The third kappa shape index (κ3) is 4.76. The molecule has 0 saturated heterocycles.